The third-order valence-electron chi connectivity index (χ3n) is 10.2. The maximum absolute atomic E-state index is 13.9. The van der Waals surface area contributed by atoms with Gasteiger partial charge in [0.25, 0.3) is 11.5 Å². The lowest BCUT2D eigenvalue weighted by Gasteiger charge is -2.38. The van der Waals surface area contributed by atoms with E-state index in [2.05, 4.69) is 15.6 Å². The van der Waals surface area contributed by atoms with E-state index >= 15 is 0 Å². The van der Waals surface area contributed by atoms with E-state index < -0.39 is 104 Å². The maximum Gasteiger partial charge on any atom is 0.330 e. The van der Waals surface area contributed by atoms with Gasteiger partial charge < -0.3 is 49.2 Å². The van der Waals surface area contributed by atoms with Crippen molar-refractivity contribution in [1.82, 2.24) is 20.2 Å². The van der Waals surface area contributed by atoms with Gasteiger partial charge in [-0.15, -0.1) is 0 Å². The maximum atomic E-state index is 13.9. The quantitative estimate of drug-likeness (QED) is 0.0742. The van der Waals surface area contributed by atoms with Gasteiger partial charge in [0.15, 0.2) is 32.5 Å². The average Bonchev–Trinajstić information content (AvgIpc) is 3.39. The Morgan fingerprint density at radius 1 is 0.933 bits per heavy atom. The van der Waals surface area contributed by atoms with Crippen molar-refractivity contribution in [2.75, 3.05) is 13.7 Å². The predicted molar refractivity (Wildman–Crippen MR) is 217 cm³/mol. The Morgan fingerprint density at radius 2 is 1.60 bits per heavy atom. The number of rotatable bonds is 22. The van der Waals surface area contributed by atoms with E-state index in [0.29, 0.717) is 32.2 Å². The fourth-order valence-electron chi connectivity index (χ4n) is 7.22. The normalized spacial score (nSPS) is 26.2. The highest BCUT2D eigenvalue weighted by molar-refractivity contribution is 6.69. The number of aromatic nitrogens is 2. The van der Waals surface area contributed by atoms with Crippen molar-refractivity contribution in [1.29, 1.82) is 0 Å². The minimum Gasteiger partial charge on any atom is -0.455 e. The van der Waals surface area contributed by atoms with Crippen LogP contribution >= 0.6 is 0 Å². The summed E-state index contributed by atoms with van der Waals surface area (Å²) in [4.78, 5) is 94.2. The smallest absolute Gasteiger partial charge is 0.330 e. The van der Waals surface area contributed by atoms with Crippen molar-refractivity contribution < 1.29 is 56.8 Å². The summed E-state index contributed by atoms with van der Waals surface area (Å²) in [6.07, 6.45) is -1.20. The Kier molecular flexibility index (Phi) is 18.5. The number of amides is 3. The molecule has 336 valence electrons. The summed E-state index contributed by atoms with van der Waals surface area (Å²) >= 11 is 0. The molecule has 2 fully saturated rings. The first-order chi connectivity index (χ1) is 28.6. The number of primary amides is 1. The molecular weight excluding hydrogens is 803 g/mol. The van der Waals surface area contributed by atoms with Crippen molar-refractivity contribution in [3.05, 3.63) is 44.9 Å². The molecule has 1 aromatic heterocycles. The average molecular weight is 866 g/mol. The van der Waals surface area contributed by atoms with E-state index in [4.69, 9.17) is 38.6 Å². The van der Waals surface area contributed by atoms with E-state index in [9.17, 15) is 33.6 Å². The van der Waals surface area contributed by atoms with Crippen LogP contribution in [0.5, 0.6) is 0 Å². The van der Waals surface area contributed by atoms with Crippen LogP contribution in [-0.4, -0.2) is 110 Å². The zero-order valence-electron chi connectivity index (χ0n) is 35.6. The lowest BCUT2D eigenvalue weighted by atomic mass is 10.0. The Bertz CT molecular complexity index is 1780. The van der Waals surface area contributed by atoms with Crippen LogP contribution < -0.4 is 27.6 Å². The third kappa shape index (κ3) is 13.8. The number of methoxy groups -OCH3 is 1. The van der Waals surface area contributed by atoms with Crippen molar-refractivity contribution in [2.45, 2.75) is 172 Å². The fraction of sp³-hybridized carbons (Fsp3) is 0.725. The zero-order valence-corrected chi connectivity index (χ0v) is 36.6. The van der Waals surface area contributed by atoms with Gasteiger partial charge in [0.2, 0.25) is 24.2 Å². The van der Waals surface area contributed by atoms with Crippen LogP contribution in [0.3, 0.4) is 0 Å². The first-order valence-corrected chi connectivity index (χ1v) is 24.5. The second-order valence-corrected chi connectivity index (χ2v) is 20.7. The lowest BCUT2D eigenvalue weighted by Crippen LogP contribution is -2.56. The summed E-state index contributed by atoms with van der Waals surface area (Å²) in [6, 6.07) is 0.208. The molecule has 0 radical (unpaired) electrons. The highest BCUT2D eigenvalue weighted by Crippen LogP contribution is 2.38. The SMILES string of the molecule is CCCCCCC(=O)O[C@@H]1[C@@H](O[C@@H](C(N)=O)[C@H]2O[C@@H](n3ccc(=O)[nH]c3=O)[C@H](O[Si](C)(C)C)[C@@H]2OC)OC(C(=O)N[C@H]2CCCCNC2=O)=C[C@@H]1OC(=O)CCCCCC. The molecule has 19 nitrogen and oxygen atoms in total. The topological polar surface area (TPSA) is 255 Å². The number of carbonyl (C=O) groups is 5. The molecule has 60 heavy (non-hydrogen) atoms. The van der Waals surface area contributed by atoms with Crippen LogP contribution in [0.2, 0.25) is 19.6 Å². The van der Waals surface area contributed by atoms with Gasteiger partial charge >= 0.3 is 17.6 Å². The molecule has 0 spiro atoms. The molecule has 3 aliphatic heterocycles. The highest BCUT2D eigenvalue weighted by atomic mass is 28.4. The third-order valence-corrected chi connectivity index (χ3v) is 11.2. The Morgan fingerprint density at radius 3 is 2.20 bits per heavy atom. The Balaban J connectivity index is 1.76. The van der Waals surface area contributed by atoms with E-state index in [1.807, 2.05) is 33.5 Å². The van der Waals surface area contributed by atoms with Gasteiger partial charge in [0.1, 0.15) is 24.4 Å². The summed E-state index contributed by atoms with van der Waals surface area (Å²) in [7, 11) is -1.13. The molecule has 4 rings (SSSR count). The Hall–Kier alpha value is -4.37. The van der Waals surface area contributed by atoms with Gasteiger partial charge in [0.05, 0.1) is 0 Å². The van der Waals surface area contributed by atoms with Gasteiger partial charge in [-0.2, -0.15) is 0 Å². The van der Waals surface area contributed by atoms with E-state index in [-0.39, 0.29) is 18.7 Å². The number of nitrogens with two attached hydrogens (primary N) is 1. The number of hydrogen-bond donors (Lipinski definition) is 4. The van der Waals surface area contributed by atoms with Crippen LogP contribution in [0, 0.1) is 0 Å². The monoisotopic (exact) mass is 865 g/mol. The number of H-pyrrole nitrogens is 1. The highest BCUT2D eigenvalue weighted by Gasteiger charge is 2.55. The molecule has 0 aliphatic carbocycles. The largest absolute Gasteiger partial charge is 0.455 e. The number of esters is 2. The predicted octanol–water partition coefficient (Wildman–Crippen LogP) is 2.33. The van der Waals surface area contributed by atoms with Crippen molar-refractivity contribution >= 4 is 38.0 Å². The van der Waals surface area contributed by atoms with Gasteiger partial charge in [-0.1, -0.05) is 52.4 Å². The van der Waals surface area contributed by atoms with Crippen LogP contribution in [0.4, 0.5) is 0 Å². The summed E-state index contributed by atoms with van der Waals surface area (Å²) in [5.41, 5.74) is 4.53. The van der Waals surface area contributed by atoms with E-state index in [1.165, 1.54) is 19.4 Å². The van der Waals surface area contributed by atoms with E-state index in [0.717, 1.165) is 55.6 Å². The molecule has 5 N–H and O–H groups in total. The first-order valence-electron chi connectivity index (χ1n) is 21.0. The van der Waals surface area contributed by atoms with Crippen LogP contribution in [0.1, 0.15) is 104 Å². The molecule has 20 heteroatoms. The number of aromatic amines is 1. The number of hydrogen-bond acceptors (Lipinski definition) is 14. The molecule has 2 saturated heterocycles. The van der Waals surface area contributed by atoms with Crippen molar-refractivity contribution in [3.8, 4) is 0 Å². The molecule has 0 saturated carbocycles. The van der Waals surface area contributed by atoms with Crippen LogP contribution in [0.15, 0.2) is 33.7 Å². The van der Waals surface area contributed by atoms with Crippen LogP contribution in [0.25, 0.3) is 0 Å². The number of nitrogens with one attached hydrogen (secondary N) is 3. The first kappa shape index (κ1) is 48.3. The summed E-state index contributed by atoms with van der Waals surface area (Å²) in [5.74, 6) is -4.12. The molecule has 4 heterocycles. The fourth-order valence-corrected chi connectivity index (χ4v) is 8.29. The molecule has 3 amide bonds. The van der Waals surface area contributed by atoms with Crippen molar-refractivity contribution in [2.24, 2.45) is 5.73 Å². The van der Waals surface area contributed by atoms with E-state index in [1.54, 1.807) is 0 Å². The van der Waals surface area contributed by atoms with Crippen LogP contribution in [-0.2, 0) is 56.8 Å². The molecule has 3 aliphatic rings. The molecular formula is C40H63N5O14Si. The van der Waals surface area contributed by atoms with Gasteiger partial charge in [-0.05, 0) is 51.7 Å². The standard InChI is InChI=1S/C40H63N5O14Si/c1-7-9-11-13-18-28(47)54-25-23-26(37(51)43-24-17-15-16-21-42-36(24)50)55-39(30(25)56-29(48)19-14-12-10-8-2)58-33(35(41)49)32-31(53-3)34(59-60(4,5)6)38(57-32)45-22-20-27(46)44-40(45)52/h20,22-25,30-34,38-39H,7-19,21H2,1-6H3,(H2,41,49)(H,42,50)(H,43,51)(H,44,46,52)/t24-,25-,30-,31+,32-,33+,34+,38+,39+/m0/s1. The summed E-state index contributed by atoms with van der Waals surface area (Å²) in [5, 5.41) is 5.43. The molecule has 9 atom stereocenters. The number of carbonyl (C=O) groups excluding carboxylic acids is 5. The number of unbranched alkanes of at least 4 members (excludes halogenated alkanes) is 6. The molecule has 0 unspecified atom stereocenters. The van der Waals surface area contributed by atoms with Gasteiger partial charge in [0, 0.05) is 44.8 Å². The summed E-state index contributed by atoms with van der Waals surface area (Å²) < 4.78 is 44.0. The van der Waals surface area contributed by atoms with Gasteiger partial charge in [-0.3, -0.25) is 38.3 Å². The van der Waals surface area contributed by atoms with Gasteiger partial charge in [-0.25, -0.2) is 4.79 Å². The number of ether oxygens (including phenoxy) is 6. The second-order valence-electron chi connectivity index (χ2n) is 16.2. The summed E-state index contributed by atoms with van der Waals surface area (Å²) in [6.45, 7) is 10.2. The molecule has 0 aromatic carbocycles. The minimum atomic E-state index is -2.47. The molecule has 0 bridgehead atoms. The second kappa shape index (κ2) is 23.0. The molecule has 1 aromatic rings. The number of nitrogens with zero attached hydrogens (tertiary/aromatic N) is 1. The minimum absolute atomic E-state index is 0.00318. The van der Waals surface area contributed by atoms with Crippen molar-refractivity contribution in [3.63, 3.8) is 0 Å². The Labute approximate surface area is 350 Å². The zero-order chi connectivity index (χ0) is 44.0. The lowest BCUT2D eigenvalue weighted by molar-refractivity contribution is -0.250.